The molecule has 0 bridgehead atoms. The summed E-state index contributed by atoms with van der Waals surface area (Å²) < 4.78 is 2.12. The Kier molecular flexibility index (Phi) is 5.24. The third-order valence-electron chi connectivity index (χ3n) is 4.03. The molecule has 3 N–H and O–H groups in total. The summed E-state index contributed by atoms with van der Waals surface area (Å²) in [7, 11) is 0. The topological polar surface area (TPSA) is 68.0 Å². The molecule has 0 saturated heterocycles. The number of rotatable bonds is 6. The van der Waals surface area contributed by atoms with Crippen molar-refractivity contribution in [1.29, 1.82) is 0 Å². The summed E-state index contributed by atoms with van der Waals surface area (Å²) in [5.41, 5.74) is 7.12. The van der Waals surface area contributed by atoms with Crippen LogP contribution in [0.15, 0.2) is 22.5 Å². The lowest BCUT2D eigenvalue weighted by Crippen LogP contribution is -2.41. The van der Waals surface area contributed by atoms with Gasteiger partial charge < -0.3 is 11.1 Å². The van der Waals surface area contributed by atoms with Crippen molar-refractivity contribution in [1.82, 2.24) is 4.98 Å². The number of carbonyl (C=O) groups is 1. The lowest BCUT2D eigenvalue weighted by atomic mass is 9.81. The second kappa shape index (κ2) is 6.77. The number of thiazole rings is 1. The molecule has 0 atom stereocenters. The molecular formula is C15H21N3OS2. The number of nitrogens with two attached hydrogens (primary N) is 1. The fraction of sp³-hybridized carbons (Fsp3) is 0.467. The van der Waals surface area contributed by atoms with Gasteiger partial charge in [-0.1, -0.05) is 25.6 Å². The molecule has 6 heteroatoms. The number of fused-ring (bicyclic) bond motifs is 1. The van der Waals surface area contributed by atoms with Crippen LogP contribution in [0.25, 0.3) is 10.2 Å². The van der Waals surface area contributed by atoms with Crippen molar-refractivity contribution in [3.05, 3.63) is 18.2 Å². The molecule has 0 aliphatic rings. The largest absolute Gasteiger partial charge is 0.329 e. The Labute approximate surface area is 133 Å². The van der Waals surface area contributed by atoms with Gasteiger partial charge in [-0.25, -0.2) is 4.98 Å². The van der Waals surface area contributed by atoms with Gasteiger partial charge in [0.15, 0.2) is 4.34 Å². The standard InChI is InChI=1S/C15H21N3OS2/c1-4-15(5-2,9-16)13(19)17-10-6-7-11-12(8-10)21-14(18-11)20-3/h6-8H,4-5,9,16H2,1-3H3,(H,17,19). The van der Waals surface area contributed by atoms with Gasteiger partial charge in [-0.3, -0.25) is 4.79 Å². The Morgan fingerprint density at radius 1 is 1.43 bits per heavy atom. The number of hydrogen-bond donors (Lipinski definition) is 2. The Balaban J connectivity index is 2.24. The maximum absolute atomic E-state index is 12.5. The van der Waals surface area contributed by atoms with Gasteiger partial charge in [0.2, 0.25) is 5.91 Å². The highest BCUT2D eigenvalue weighted by Crippen LogP contribution is 2.31. The maximum atomic E-state index is 12.5. The molecule has 21 heavy (non-hydrogen) atoms. The molecule has 0 saturated carbocycles. The predicted octanol–water partition coefficient (Wildman–Crippen LogP) is 3.72. The summed E-state index contributed by atoms with van der Waals surface area (Å²) in [6, 6.07) is 5.83. The molecule has 1 aromatic carbocycles. The average molecular weight is 323 g/mol. The minimum atomic E-state index is -0.479. The van der Waals surface area contributed by atoms with E-state index in [1.807, 2.05) is 38.3 Å². The van der Waals surface area contributed by atoms with Crippen molar-refractivity contribution in [2.75, 3.05) is 18.1 Å². The number of nitrogens with zero attached hydrogens (tertiary/aromatic N) is 1. The molecule has 0 spiro atoms. The molecule has 1 aromatic heterocycles. The van der Waals surface area contributed by atoms with Crippen molar-refractivity contribution in [3.8, 4) is 0 Å². The SMILES string of the molecule is CCC(CC)(CN)C(=O)Nc1ccc2nc(SC)sc2c1. The highest BCUT2D eigenvalue weighted by atomic mass is 32.2. The number of amides is 1. The zero-order chi connectivity index (χ0) is 15.5. The summed E-state index contributed by atoms with van der Waals surface area (Å²) in [6.45, 7) is 4.38. The van der Waals surface area contributed by atoms with Crippen molar-refractivity contribution >= 4 is 44.9 Å². The van der Waals surface area contributed by atoms with Crippen LogP contribution >= 0.6 is 23.1 Å². The van der Waals surface area contributed by atoms with Gasteiger partial charge in [0.05, 0.1) is 15.6 Å². The minimum absolute atomic E-state index is 0.00366. The Morgan fingerprint density at radius 3 is 2.71 bits per heavy atom. The van der Waals surface area contributed by atoms with E-state index in [2.05, 4.69) is 10.3 Å². The van der Waals surface area contributed by atoms with Crippen LogP contribution in [-0.4, -0.2) is 23.7 Å². The summed E-state index contributed by atoms with van der Waals surface area (Å²) in [5.74, 6) is 0.00366. The number of anilines is 1. The van der Waals surface area contributed by atoms with Crippen LogP contribution in [0.4, 0.5) is 5.69 Å². The van der Waals surface area contributed by atoms with Gasteiger partial charge in [-0.2, -0.15) is 0 Å². The van der Waals surface area contributed by atoms with E-state index < -0.39 is 5.41 Å². The molecule has 114 valence electrons. The van der Waals surface area contributed by atoms with Gasteiger partial charge >= 0.3 is 0 Å². The van der Waals surface area contributed by atoms with E-state index >= 15 is 0 Å². The van der Waals surface area contributed by atoms with Crippen LogP contribution < -0.4 is 11.1 Å². The zero-order valence-corrected chi connectivity index (χ0v) is 14.2. The summed E-state index contributed by atoms with van der Waals surface area (Å²) >= 11 is 3.27. The van der Waals surface area contributed by atoms with Crippen LogP contribution in [-0.2, 0) is 4.79 Å². The van der Waals surface area contributed by atoms with Crippen LogP contribution in [0.1, 0.15) is 26.7 Å². The first kappa shape index (κ1) is 16.3. The Bertz CT molecular complexity index is 627. The molecule has 0 radical (unpaired) electrons. The molecule has 0 aliphatic carbocycles. The van der Waals surface area contributed by atoms with Crippen LogP contribution in [0.3, 0.4) is 0 Å². The van der Waals surface area contributed by atoms with Gasteiger partial charge in [0, 0.05) is 12.2 Å². The van der Waals surface area contributed by atoms with Crippen molar-refractivity contribution < 1.29 is 4.79 Å². The second-order valence-electron chi connectivity index (χ2n) is 5.01. The number of nitrogens with one attached hydrogen (secondary N) is 1. The third-order valence-corrected chi connectivity index (χ3v) is 6.03. The van der Waals surface area contributed by atoms with Crippen LogP contribution in [0.5, 0.6) is 0 Å². The lowest BCUT2D eigenvalue weighted by molar-refractivity contribution is -0.125. The number of hydrogen-bond acceptors (Lipinski definition) is 5. The average Bonchev–Trinajstić information content (AvgIpc) is 2.92. The molecule has 1 amide bonds. The fourth-order valence-electron chi connectivity index (χ4n) is 2.28. The third kappa shape index (κ3) is 3.22. The minimum Gasteiger partial charge on any atom is -0.329 e. The number of thioether (sulfide) groups is 1. The van der Waals surface area contributed by atoms with E-state index in [0.29, 0.717) is 6.54 Å². The number of benzene rings is 1. The molecular weight excluding hydrogens is 302 g/mol. The van der Waals surface area contributed by atoms with Gasteiger partial charge in [-0.15, -0.1) is 11.3 Å². The van der Waals surface area contributed by atoms with Gasteiger partial charge in [0.25, 0.3) is 0 Å². The first-order chi connectivity index (χ1) is 10.1. The van der Waals surface area contributed by atoms with E-state index in [1.165, 1.54) is 0 Å². The second-order valence-corrected chi connectivity index (χ2v) is 7.10. The zero-order valence-electron chi connectivity index (χ0n) is 12.6. The maximum Gasteiger partial charge on any atom is 0.231 e. The van der Waals surface area contributed by atoms with E-state index in [1.54, 1.807) is 23.1 Å². The number of aromatic nitrogens is 1. The molecule has 2 rings (SSSR count). The van der Waals surface area contributed by atoms with Gasteiger partial charge in [-0.05, 0) is 37.3 Å². The monoisotopic (exact) mass is 323 g/mol. The van der Waals surface area contributed by atoms with E-state index in [0.717, 1.165) is 33.1 Å². The molecule has 0 fully saturated rings. The molecule has 2 aromatic rings. The van der Waals surface area contributed by atoms with Crippen LogP contribution in [0.2, 0.25) is 0 Å². The molecule has 4 nitrogen and oxygen atoms in total. The van der Waals surface area contributed by atoms with Crippen molar-refractivity contribution in [2.45, 2.75) is 31.0 Å². The Morgan fingerprint density at radius 2 is 2.14 bits per heavy atom. The number of carbonyl (C=O) groups excluding carboxylic acids is 1. The predicted molar refractivity (Wildman–Crippen MR) is 92.1 cm³/mol. The van der Waals surface area contributed by atoms with Crippen molar-refractivity contribution in [2.24, 2.45) is 11.1 Å². The van der Waals surface area contributed by atoms with Crippen molar-refractivity contribution in [3.63, 3.8) is 0 Å². The fourth-order valence-corrected chi connectivity index (χ4v) is 3.81. The highest BCUT2D eigenvalue weighted by Gasteiger charge is 2.33. The Hall–Kier alpha value is -1.11. The summed E-state index contributed by atoms with van der Waals surface area (Å²) in [5, 5.41) is 3.01. The highest BCUT2D eigenvalue weighted by molar-refractivity contribution is 8.00. The summed E-state index contributed by atoms with van der Waals surface area (Å²) in [6.07, 6.45) is 3.50. The first-order valence-electron chi connectivity index (χ1n) is 7.04. The van der Waals surface area contributed by atoms with Crippen LogP contribution in [0, 0.1) is 5.41 Å². The lowest BCUT2D eigenvalue weighted by Gasteiger charge is -2.28. The van der Waals surface area contributed by atoms with Gasteiger partial charge in [0.1, 0.15) is 0 Å². The molecule has 0 unspecified atom stereocenters. The van der Waals surface area contributed by atoms with E-state index in [9.17, 15) is 4.79 Å². The smallest absolute Gasteiger partial charge is 0.231 e. The summed E-state index contributed by atoms with van der Waals surface area (Å²) in [4.78, 5) is 17.0. The molecule has 0 aliphatic heterocycles. The molecule has 1 heterocycles. The quantitative estimate of drug-likeness (QED) is 0.795. The van der Waals surface area contributed by atoms with E-state index in [4.69, 9.17) is 5.73 Å². The normalized spacial score (nSPS) is 11.8. The van der Waals surface area contributed by atoms with E-state index in [-0.39, 0.29) is 5.91 Å². The first-order valence-corrected chi connectivity index (χ1v) is 9.08.